The van der Waals surface area contributed by atoms with Crippen molar-refractivity contribution >= 4 is 11.8 Å². The summed E-state index contributed by atoms with van der Waals surface area (Å²) in [6, 6.07) is 10.6. The second kappa shape index (κ2) is 9.22. The van der Waals surface area contributed by atoms with Gasteiger partial charge in [-0.2, -0.15) is 0 Å². The second-order valence-corrected chi connectivity index (χ2v) is 7.04. The molecule has 140 valence electrons. The predicted octanol–water partition coefficient (Wildman–Crippen LogP) is 3.48. The third-order valence-corrected chi connectivity index (χ3v) is 4.42. The van der Waals surface area contributed by atoms with Crippen molar-refractivity contribution in [2.75, 3.05) is 0 Å². The van der Waals surface area contributed by atoms with Gasteiger partial charge in [0, 0.05) is 18.0 Å². The lowest BCUT2D eigenvalue weighted by Crippen LogP contribution is -2.51. The molecule has 1 aromatic heterocycles. The standard InChI is InChI=1S/C21H28N2O3/c1-14(2)19(23-20(24)18-10-6-5-8-15(18)3)21(25)22-16(4)11-12-17-9-7-13-26-17/h5-10,13-14,16,19H,11-12H2,1-4H3,(H,22,25)(H,23,24). The minimum Gasteiger partial charge on any atom is -0.469 e. The zero-order valence-electron chi connectivity index (χ0n) is 15.9. The SMILES string of the molecule is Cc1ccccc1C(=O)NC(C(=O)NC(C)CCc1ccco1)C(C)C. The fraction of sp³-hybridized carbons (Fsp3) is 0.429. The molecule has 0 aliphatic rings. The van der Waals surface area contributed by atoms with Crippen LogP contribution in [-0.4, -0.2) is 23.9 Å². The number of rotatable bonds is 8. The van der Waals surface area contributed by atoms with Gasteiger partial charge in [0.1, 0.15) is 11.8 Å². The lowest BCUT2D eigenvalue weighted by molar-refractivity contribution is -0.124. The summed E-state index contributed by atoms with van der Waals surface area (Å²) in [4.78, 5) is 25.2. The van der Waals surface area contributed by atoms with Crippen molar-refractivity contribution in [1.82, 2.24) is 10.6 Å². The Bertz CT molecular complexity index is 723. The Kier molecular flexibility index (Phi) is 7.01. The van der Waals surface area contributed by atoms with Crippen molar-refractivity contribution in [1.29, 1.82) is 0 Å². The minimum absolute atomic E-state index is 0.00999. The van der Waals surface area contributed by atoms with Gasteiger partial charge < -0.3 is 15.1 Å². The van der Waals surface area contributed by atoms with Gasteiger partial charge in [0.15, 0.2) is 0 Å². The zero-order valence-corrected chi connectivity index (χ0v) is 15.9. The maximum absolute atomic E-state index is 12.7. The van der Waals surface area contributed by atoms with E-state index in [-0.39, 0.29) is 23.8 Å². The summed E-state index contributed by atoms with van der Waals surface area (Å²) in [5, 5.41) is 5.88. The smallest absolute Gasteiger partial charge is 0.252 e. The van der Waals surface area contributed by atoms with E-state index < -0.39 is 6.04 Å². The average Bonchev–Trinajstić information content (AvgIpc) is 3.11. The van der Waals surface area contributed by atoms with Gasteiger partial charge in [-0.1, -0.05) is 32.0 Å². The first-order valence-corrected chi connectivity index (χ1v) is 9.07. The molecule has 0 aliphatic heterocycles. The van der Waals surface area contributed by atoms with Crippen LogP contribution in [0.5, 0.6) is 0 Å². The zero-order chi connectivity index (χ0) is 19.1. The summed E-state index contributed by atoms with van der Waals surface area (Å²) in [5.74, 6) is 0.508. The monoisotopic (exact) mass is 356 g/mol. The van der Waals surface area contributed by atoms with Crippen LogP contribution >= 0.6 is 0 Å². The van der Waals surface area contributed by atoms with Crippen molar-refractivity contribution in [3.63, 3.8) is 0 Å². The molecule has 5 nitrogen and oxygen atoms in total. The molecule has 2 N–H and O–H groups in total. The maximum Gasteiger partial charge on any atom is 0.252 e. The van der Waals surface area contributed by atoms with Crippen LogP contribution in [0.15, 0.2) is 47.1 Å². The third-order valence-electron chi connectivity index (χ3n) is 4.42. The van der Waals surface area contributed by atoms with Gasteiger partial charge in [-0.15, -0.1) is 0 Å². The van der Waals surface area contributed by atoms with Crippen LogP contribution in [0.3, 0.4) is 0 Å². The van der Waals surface area contributed by atoms with Crippen LogP contribution in [0.1, 0.15) is 48.9 Å². The maximum atomic E-state index is 12.7. The Labute approximate surface area is 155 Å². The van der Waals surface area contributed by atoms with E-state index in [9.17, 15) is 9.59 Å². The Hall–Kier alpha value is -2.56. The van der Waals surface area contributed by atoms with E-state index in [4.69, 9.17) is 4.42 Å². The first kappa shape index (κ1) is 19.8. The molecule has 0 bridgehead atoms. The Morgan fingerprint density at radius 1 is 1.04 bits per heavy atom. The van der Waals surface area contributed by atoms with Gasteiger partial charge in [0.2, 0.25) is 5.91 Å². The van der Waals surface area contributed by atoms with Crippen LogP contribution in [0, 0.1) is 12.8 Å². The molecule has 0 aliphatic carbocycles. The van der Waals surface area contributed by atoms with Crippen LogP contribution in [0.25, 0.3) is 0 Å². The quantitative estimate of drug-likeness (QED) is 0.761. The molecule has 2 unspecified atom stereocenters. The molecule has 2 rings (SSSR count). The van der Waals surface area contributed by atoms with Gasteiger partial charge in [0.05, 0.1) is 6.26 Å². The summed E-state index contributed by atoms with van der Waals surface area (Å²) in [6.45, 7) is 7.70. The molecule has 2 aromatic rings. The van der Waals surface area contributed by atoms with Gasteiger partial charge in [-0.25, -0.2) is 0 Å². The summed E-state index contributed by atoms with van der Waals surface area (Å²) in [7, 11) is 0. The molecule has 2 amide bonds. The lowest BCUT2D eigenvalue weighted by Gasteiger charge is -2.24. The van der Waals surface area contributed by atoms with E-state index in [0.717, 1.165) is 24.2 Å². The van der Waals surface area contributed by atoms with E-state index in [1.54, 1.807) is 12.3 Å². The summed E-state index contributed by atoms with van der Waals surface area (Å²) in [5.41, 5.74) is 1.48. The lowest BCUT2D eigenvalue weighted by atomic mass is 10.0. The fourth-order valence-corrected chi connectivity index (χ4v) is 2.80. The molecule has 1 heterocycles. The number of benzene rings is 1. The van der Waals surface area contributed by atoms with Crippen molar-refractivity contribution in [3.8, 4) is 0 Å². The molecule has 2 atom stereocenters. The van der Waals surface area contributed by atoms with Gasteiger partial charge in [0.25, 0.3) is 5.91 Å². The van der Waals surface area contributed by atoms with E-state index in [1.165, 1.54) is 0 Å². The van der Waals surface area contributed by atoms with Crippen LogP contribution in [0.4, 0.5) is 0 Å². The molecule has 5 heteroatoms. The Morgan fingerprint density at radius 3 is 2.38 bits per heavy atom. The Morgan fingerprint density at radius 2 is 1.77 bits per heavy atom. The summed E-state index contributed by atoms with van der Waals surface area (Å²) in [6.07, 6.45) is 3.18. The van der Waals surface area contributed by atoms with Crippen molar-refractivity contribution in [3.05, 3.63) is 59.5 Å². The van der Waals surface area contributed by atoms with E-state index in [0.29, 0.717) is 5.56 Å². The summed E-state index contributed by atoms with van der Waals surface area (Å²) >= 11 is 0. The van der Waals surface area contributed by atoms with Crippen molar-refractivity contribution in [2.24, 2.45) is 5.92 Å². The molecule has 1 aromatic carbocycles. The number of carbonyl (C=O) groups excluding carboxylic acids is 2. The molecule has 0 fully saturated rings. The third kappa shape index (κ3) is 5.48. The highest BCUT2D eigenvalue weighted by molar-refractivity contribution is 5.98. The topological polar surface area (TPSA) is 71.3 Å². The average molecular weight is 356 g/mol. The Balaban J connectivity index is 1.94. The number of amides is 2. The minimum atomic E-state index is -0.576. The molecular weight excluding hydrogens is 328 g/mol. The molecule has 0 saturated carbocycles. The number of hydrogen-bond acceptors (Lipinski definition) is 3. The van der Waals surface area contributed by atoms with E-state index >= 15 is 0 Å². The van der Waals surface area contributed by atoms with Gasteiger partial charge in [-0.05, 0) is 49.9 Å². The van der Waals surface area contributed by atoms with Crippen molar-refractivity contribution in [2.45, 2.75) is 52.6 Å². The predicted molar refractivity (Wildman–Crippen MR) is 102 cm³/mol. The number of furan rings is 1. The summed E-state index contributed by atoms with van der Waals surface area (Å²) < 4.78 is 5.32. The highest BCUT2D eigenvalue weighted by Crippen LogP contribution is 2.10. The molecule has 0 saturated heterocycles. The highest BCUT2D eigenvalue weighted by Gasteiger charge is 2.26. The second-order valence-electron chi connectivity index (χ2n) is 7.04. The number of carbonyl (C=O) groups is 2. The molecule has 26 heavy (non-hydrogen) atoms. The van der Waals surface area contributed by atoms with Gasteiger partial charge >= 0.3 is 0 Å². The normalized spacial score (nSPS) is 13.3. The largest absolute Gasteiger partial charge is 0.469 e. The highest BCUT2D eigenvalue weighted by atomic mass is 16.3. The molecular formula is C21H28N2O3. The number of nitrogens with one attached hydrogen (secondary N) is 2. The molecule has 0 radical (unpaired) electrons. The van der Waals surface area contributed by atoms with Crippen LogP contribution in [0.2, 0.25) is 0 Å². The van der Waals surface area contributed by atoms with Crippen LogP contribution in [-0.2, 0) is 11.2 Å². The first-order chi connectivity index (χ1) is 12.4. The van der Waals surface area contributed by atoms with E-state index in [2.05, 4.69) is 10.6 Å². The first-order valence-electron chi connectivity index (χ1n) is 9.07. The molecule has 0 spiro atoms. The fourth-order valence-electron chi connectivity index (χ4n) is 2.80. The van der Waals surface area contributed by atoms with Gasteiger partial charge in [-0.3, -0.25) is 9.59 Å². The van der Waals surface area contributed by atoms with Crippen molar-refractivity contribution < 1.29 is 14.0 Å². The number of hydrogen-bond donors (Lipinski definition) is 2. The van der Waals surface area contributed by atoms with E-state index in [1.807, 2.05) is 58.0 Å². The van der Waals surface area contributed by atoms with Crippen LogP contribution < -0.4 is 10.6 Å². The number of aryl methyl sites for hydroxylation is 2.